The highest BCUT2D eigenvalue weighted by Gasteiger charge is 2.19. The number of rotatable bonds is 2. The van der Waals surface area contributed by atoms with Crippen LogP contribution in [0.3, 0.4) is 0 Å². The van der Waals surface area contributed by atoms with Crippen molar-refractivity contribution in [1.82, 2.24) is 0 Å². The molecule has 1 unspecified atom stereocenters. The van der Waals surface area contributed by atoms with Crippen LogP contribution in [0.25, 0.3) is 0 Å². The molecular formula is C15H18O4. The van der Waals surface area contributed by atoms with E-state index in [-0.39, 0.29) is 0 Å². The molecule has 2 aliphatic heterocycles. The van der Waals surface area contributed by atoms with Crippen LogP contribution in [-0.2, 0) is 4.74 Å². The highest BCUT2D eigenvalue weighted by molar-refractivity contribution is 5.45. The summed E-state index contributed by atoms with van der Waals surface area (Å²) >= 11 is 0. The van der Waals surface area contributed by atoms with Gasteiger partial charge in [0.25, 0.3) is 0 Å². The Morgan fingerprint density at radius 2 is 1.74 bits per heavy atom. The summed E-state index contributed by atoms with van der Waals surface area (Å²) in [4.78, 5) is 0. The summed E-state index contributed by atoms with van der Waals surface area (Å²) in [6.45, 7) is 1.99. The van der Waals surface area contributed by atoms with Crippen molar-refractivity contribution in [2.24, 2.45) is 0 Å². The number of allylic oxidation sites excluding steroid dienone is 1. The van der Waals surface area contributed by atoms with Gasteiger partial charge in [0.15, 0.2) is 11.5 Å². The number of hydrogen-bond donors (Lipinski definition) is 1. The number of hydrogen-bond acceptors (Lipinski definition) is 4. The Bertz CT molecular complexity index is 481. The lowest BCUT2D eigenvalue weighted by atomic mass is 10.0. The Morgan fingerprint density at radius 1 is 0.947 bits per heavy atom. The van der Waals surface area contributed by atoms with Crippen molar-refractivity contribution in [1.29, 1.82) is 0 Å². The first-order valence-electron chi connectivity index (χ1n) is 6.75. The lowest BCUT2D eigenvalue weighted by Crippen LogP contribution is -2.10. The average Bonchev–Trinajstić information content (AvgIpc) is 2.72. The molecule has 0 saturated carbocycles. The second-order valence-corrected chi connectivity index (χ2v) is 4.76. The van der Waals surface area contributed by atoms with Crippen LogP contribution >= 0.6 is 0 Å². The zero-order valence-electron chi connectivity index (χ0n) is 10.8. The third-order valence-electron chi connectivity index (χ3n) is 3.32. The predicted octanol–water partition coefficient (Wildman–Crippen LogP) is 2.58. The Balaban J connectivity index is 1.84. The van der Waals surface area contributed by atoms with E-state index < -0.39 is 6.10 Å². The average molecular weight is 262 g/mol. The molecule has 0 aromatic heterocycles. The number of ether oxygens (including phenoxy) is 3. The summed E-state index contributed by atoms with van der Waals surface area (Å²) in [6.07, 6.45) is 4.07. The van der Waals surface area contributed by atoms with Gasteiger partial charge in [0.2, 0.25) is 0 Å². The standard InChI is InChI=1S/C15H18O4/c16-15(13-4-1-2-7-18-13)11-5-6-12-14(10-11)19-9-3-8-17-12/h4-6,10,15-16H,1-3,7-9H2. The van der Waals surface area contributed by atoms with E-state index in [2.05, 4.69) is 0 Å². The van der Waals surface area contributed by atoms with E-state index in [1.54, 1.807) is 0 Å². The van der Waals surface area contributed by atoms with E-state index in [0.29, 0.717) is 31.3 Å². The van der Waals surface area contributed by atoms with Crippen molar-refractivity contribution < 1.29 is 19.3 Å². The first kappa shape index (κ1) is 12.4. The van der Waals surface area contributed by atoms with Crippen molar-refractivity contribution in [3.8, 4) is 11.5 Å². The maximum absolute atomic E-state index is 10.3. The third-order valence-corrected chi connectivity index (χ3v) is 3.32. The van der Waals surface area contributed by atoms with E-state index in [1.807, 2.05) is 24.3 Å². The smallest absolute Gasteiger partial charge is 0.161 e. The van der Waals surface area contributed by atoms with Crippen LogP contribution in [0, 0.1) is 0 Å². The van der Waals surface area contributed by atoms with Crippen LogP contribution in [0.4, 0.5) is 0 Å². The summed E-state index contributed by atoms with van der Waals surface area (Å²) in [5, 5.41) is 10.3. The van der Waals surface area contributed by atoms with E-state index in [0.717, 1.165) is 30.6 Å². The topological polar surface area (TPSA) is 47.9 Å². The zero-order valence-corrected chi connectivity index (χ0v) is 10.8. The monoisotopic (exact) mass is 262 g/mol. The van der Waals surface area contributed by atoms with Gasteiger partial charge < -0.3 is 19.3 Å². The van der Waals surface area contributed by atoms with Crippen molar-refractivity contribution in [2.75, 3.05) is 19.8 Å². The fourth-order valence-electron chi connectivity index (χ4n) is 2.28. The van der Waals surface area contributed by atoms with E-state index in [9.17, 15) is 5.11 Å². The Labute approximate surface area is 112 Å². The minimum absolute atomic E-state index is 0.640. The van der Waals surface area contributed by atoms with E-state index >= 15 is 0 Å². The number of aliphatic hydroxyl groups is 1. The quantitative estimate of drug-likeness (QED) is 0.890. The highest BCUT2D eigenvalue weighted by Crippen LogP contribution is 2.34. The molecule has 2 aliphatic rings. The van der Waals surface area contributed by atoms with Gasteiger partial charge in [-0.05, 0) is 36.6 Å². The molecule has 0 radical (unpaired) electrons. The molecule has 0 spiro atoms. The first-order valence-corrected chi connectivity index (χ1v) is 6.75. The number of benzene rings is 1. The van der Waals surface area contributed by atoms with Gasteiger partial charge >= 0.3 is 0 Å². The van der Waals surface area contributed by atoms with Crippen LogP contribution < -0.4 is 9.47 Å². The molecule has 1 atom stereocenters. The summed E-state index contributed by atoms with van der Waals surface area (Å²) < 4.78 is 16.7. The molecule has 4 heteroatoms. The molecule has 0 amide bonds. The molecule has 3 rings (SSSR count). The number of aliphatic hydroxyl groups excluding tert-OH is 1. The lowest BCUT2D eigenvalue weighted by Gasteiger charge is -2.20. The van der Waals surface area contributed by atoms with Gasteiger partial charge in [0, 0.05) is 6.42 Å². The van der Waals surface area contributed by atoms with Crippen LogP contribution in [0.5, 0.6) is 11.5 Å². The minimum atomic E-state index is -0.725. The van der Waals surface area contributed by atoms with Crippen molar-refractivity contribution in [2.45, 2.75) is 25.4 Å². The van der Waals surface area contributed by atoms with Gasteiger partial charge in [-0.1, -0.05) is 6.07 Å². The van der Waals surface area contributed by atoms with Gasteiger partial charge in [-0.15, -0.1) is 0 Å². The molecule has 0 fully saturated rings. The number of fused-ring (bicyclic) bond motifs is 1. The molecule has 4 nitrogen and oxygen atoms in total. The molecule has 2 heterocycles. The van der Waals surface area contributed by atoms with Gasteiger partial charge in [-0.2, -0.15) is 0 Å². The van der Waals surface area contributed by atoms with Gasteiger partial charge in [0.05, 0.1) is 19.8 Å². The molecule has 19 heavy (non-hydrogen) atoms. The molecular weight excluding hydrogens is 244 g/mol. The van der Waals surface area contributed by atoms with Crippen LogP contribution in [0.15, 0.2) is 30.0 Å². The second kappa shape index (κ2) is 5.53. The van der Waals surface area contributed by atoms with E-state index in [1.165, 1.54) is 0 Å². The summed E-state index contributed by atoms with van der Waals surface area (Å²) in [5.41, 5.74) is 0.775. The molecule has 0 saturated heterocycles. The first-order chi connectivity index (χ1) is 9.34. The largest absolute Gasteiger partial charge is 0.495 e. The maximum atomic E-state index is 10.3. The van der Waals surface area contributed by atoms with Crippen LogP contribution in [-0.4, -0.2) is 24.9 Å². The van der Waals surface area contributed by atoms with Gasteiger partial charge in [-0.25, -0.2) is 0 Å². The molecule has 1 N–H and O–H groups in total. The molecule has 102 valence electrons. The van der Waals surface area contributed by atoms with Crippen molar-refractivity contribution in [3.05, 3.63) is 35.6 Å². The second-order valence-electron chi connectivity index (χ2n) is 4.76. The van der Waals surface area contributed by atoms with Crippen LogP contribution in [0.2, 0.25) is 0 Å². The summed E-state index contributed by atoms with van der Waals surface area (Å²) in [5.74, 6) is 2.08. The minimum Gasteiger partial charge on any atom is -0.495 e. The van der Waals surface area contributed by atoms with Crippen LogP contribution in [0.1, 0.15) is 30.9 Å². The summed E-state index contributed by atoms with van der Waals surface area (Å²) in [6, 6.07) is 5.55. The molecule has 1 aromatic rings. The van der Waals surface area contributed by atoms with Gasteiger partial charge in [-0.3, -0.25) is 0 Å². The highest BCUT2D eigenvalue weighted by atomic mass is 16.5. The summed E-state index contributed by atoms with van der Waals surface area (Å²) in [7, 11) is 0. The van der Waals surface area contributed by atoms with Crippen molar-refractivity contribution >= 4 is 0 Å². The Morgan fingerprint density at radius 3 is 2.53 bits per heavy atom. The maximum Gasteiger partial charge on any atom is 0.161 e. The van der Waals surface area contributed by atoms with E-state index in [4.69, 9.17) is 14.2 Å². The Kier molecular flexibility index (Phi) is 3.60. The fraction of sp³-hybridized carbons (Fsp3) is 0.467. The third kappa shape index (κ3) is 2.68. The predicted molar refractivity (Wildman–Crippen MR) is 70.3 cm³/mol. The van der Waals surface area contributed by atoms with Crippen molar-refractivity contribution in [3.63, 3.8) is 0 Å². The zero-order chi connectivity index (χ0) is 13.1. The molecule has 1 aromatic carbocycles. The fourth-order valence-corrected chi connectivity index (χ4v) is 2.28. The molecule has 0 bridgehead atoms. The Hall–Kier alpha value is -1.68. The molecule has 0 aliphatic carbocycles. The normalized spacial score (nSPS) is 19.9. The van der Waals surface area contributed by atoms with Gasteiger partial charge in [0.1, 0.15) is 11.9 Å². The SMILES string of the molecule is OC(C1=CCCCO1)c1ccc2c(c1)OCCCO2. The lowest BCUT2D eigenvalue weighted by molar-refractivity contribution is 0.0916.